The van der Waals surface area contributed by atoms with Crippen molar-refractivity contribution in [3.8, 4) is 17.2 Å². The molecular formula is C23H20O7. The number of ketones is 1. The molecular weight excluding hydrogens is 388 g/mol. The predicted molar refractivity (Wildman–Crippen MR) is 110 cm³/mol. The summed E-state index contributed by atoms with van der Waals surface area (Å²) in [5, 5.41) is 26.9. The Bertz CT molecular complexity index is 1030. The first-order valence-corrected chi connectivity index (χ1v) is 8.58. The molecule has 0 aliphatic carbocycles. The standard InChI is InChI=1S/C9H8O3.2C7H6O2/c1-6(11)8-3-2-7(5-10)4-9(8)12;8-5-6-2-1-3-7(9)4-6;8-5-6-3-1-2-4-7(6)9/h2-5,12H,1H3;2*1-5,9H. The van der Waals surface area contributed by atoms with Crippen LogP contribution in [0.3, 0.4) is 0 Å². The van der Waals surface area contributed by atoms with E-state index in [1.54, 1.807) is 30.3 Å². The molecule has 0 fully saturated rings. The minimum atomic E-state index is -0.218. The summed E-state index contributed by atoms with van der Waals surface area (Å²) in [6.45, 7) is 1.36. The van der Waals surface area contributed by atoms with E-state index >= 15 is 0 Å². The van der Waals surface area contributed by atoms with E-state index in [1.807, 2.05) is 0 Å². The fourth-order valence-corrected chi connectivity index (χ4v) is 2.10. The van der Waals surface area contributed by atoms with E-state index in [1.165, 1.54) is 43.3 Å². The molecule has 3 aromatic carbocycles. The van der Waals surface area contributed by atoms with Gasteiger partial charge in [-0.3, -0.25) is 19.2 Å². The summed E-state index contributed by atoms with van der Waals surface area (Å²) >= 11 is 0. The van der Waals surface area contributed by atoms with Crippen LogP contribution in [0.15, 0.2) is 66.7 Å². The molecule has 0 aliphatic rings. The van der Waals surface area contributed by atoms with Crippen LogP contribution in [0.5, 0.6) is 17.2 Å². The number of phenolic OH excluding ortho intramolecular Hbond substituents is 3. The summed E-state index contributed by atoms with van der Waals surface area (Å²) in [7, 11) is 0. The van der Waals surface area contributed by atoms with Gasteiger partial charge in [0.05, 0.1) is 11.1 Å². The third kappa shape index (κ3) is 7.77. The van der Waals surface area contributed by atoms with Gasteiger partial charge in [0.2, 0.25) is 0 Å². The molecule has 3 rings (SSSR count). The van der Waals surface area contributed by atoms with Gasteiger partial charge in [-0.2, -0.15) is 0 Å². The summed E-state index contributed by atoms with van der Waals surface area (Å²) in [6.07, 6.45) is 1.93. The molecule has 0 aliphatic heterocycles. The molecule has 0 saturated heterocycles. The van der Waals surface area contributed by atoms with Crippen molar-refractivity contribution in [3.63, 3.8) is 0 Å². The summed E-state index contributed by atoms with van der Waals surface area (Å²) in [5.74, 6) is -0.204. The van der Waals surface area contributed by atoms with Crippen LogP contribution in [0, 0.1) is 0 Å². The molecule has 0 spiro atoms. The number of hydrogen-bond donors (Lipinski definition) is 3. The van der Waals surface area contributed by atoms with Crippen molar-refractivity contribution in [1.29, 1.82) is 0 Å². The average Bonchev–Trinajstić information content (AvgIpc) is 2.74. The van der Waals surface area contributed by atoms with E-state index < -0.39 is 0 Å². The Morgan fingerprint density at radius 2 is 1.33 bits per heavy atom. The van der Waals surface area contributed by atoms with Gasteiger partial charge in [-0.1, -0.05) is 30.3 Å². The van der Waals surface area contributed by atoms with Crippen molar-refractivity contribution in [2.75, 3.05) is 0 Å². The Balaban J connectivity index is 0.000000229. The lowest BCUT2D eigenvalue weighted by Gasteiger charge is -1.99. The Labute approximate surface area is 172 Å². The maximum absolute atomic E-state index is 10.8. The molecule has 0 aromatic heterocycles. The first-order chi connectivity index (χ1) is 14.3. The SMILES string of the molecule is CC(=O)c1ccc(C=O)cc1O.O=Cc1cccc(O)c1.O=Cc1ccccc1O. The van der Waals surface area contributed by atoms with Crippen molar-refractivity contribution >= 4 is 24.6 Å². The van der Waals surface area contributed by atoms with Gasteiger partial charge < -0.3 is 15.3 Å². The van der Waals surface area contributed by atoms with Crippen molar-refractivity contribution < 1.29 is 34.5 Å². The number of carbonyl (C=O) groups is 4. The van der Waals surface area contributed by atoms with Gasteiger partial charge in [0.15, 0.2) is 12.1 Å². The van der Waals surface area contributed by atoms with E-state index in [0.29, 0.717) is 35.5 Å². The average molecular weight is 408 g/mol. The molecule has 3 N–H and O–H groups in total. The number of rotatable bonds is 4. The van der Waals surface area contributed by atoms with Crippen LogP contribution in [-0.4, -0.2) is 40.0 Å². The second-order valence-electron chi connectivity index (χ2n) is 5.84. The molecule has 30 heavy (non-hydrogen) atoms. The zero-order valence-electron chi connectivity index (χ0n) is 16.1. The number of phenols is 3. The molecule has 7 heteroatoms. The fraction of sp³-hybridized carbons (Fsp3) is 0.0435. The molecule has 0 amide bonds. The summed E-state index contributed by atoms with van der Waals surface area (Å²) in [5.41, 5.74) is 1.42. The summed E-state index contributed by atoms with van der Waals surface area (Å²) in [6, 6.07) is 16.8. The molecule has 0 saturated carbocycles. The van der Waals surface area contributed by atoms with Crippen molar-refractivity contribution in [2.24, 2.45) is 0 Å². The van der Waals surface area contributed by atoms with Crippen molar-refractivity contribution in [1.82, 2.24) is 0 Å². The Morgan fingerprint density at radius 3 is 1.77 bits per heavy atom. The van der Waals surface area contributed by atoms with Gasteiger partial charge in [0, 0.05) is 11.1 Å². The van der Waals surface area contributed by atoms with Crippen LogP contribution in [0.1, 0.15) is 48.4 Å². The van der Waals surface area contributed by atoms with Gasteiger partial charge in [0.1, 0.15) is 29.8 Å². The summed E-state index contributed by atoms with van der Waals surface area (Å²) < 4.78 is 0. The Kier molecular flexibility index (Phi) is 9.71. The van der Waals surface area contributed by atoms with E-state index in [9.17, 15) is 24.3 Å². The molecule has 0 radical (unpaired) electrons. The van der Waals surface area contributed by atoms with Crippen LogP contribution >= 0.6 is 0 Å². The van der Waals surface area contributed by atoms with Crippen molar-refractivity contribution in [3.05, 3.63) is 89.0 Å². The highest BCUT2D eigenvalue weighted by Crippen LogP contribution is 2.18. The van der Waals surface area contributed by atoms with E-state index in [0.717, 1.165) is 0 Å². The van der Waals surface area contributed by atoms with Crippen LogP contribution < -0.4 is 0 Å². The molecule has 7 nitrogen and oxygen atoms in total. The zero-order valence-corrected chi connectivity index (χ0v) is 16.1. The van der Waals surface area contributed by atoms with Gasteiger partial charge in [-0.15, -0.1) is 0 Å². The van der Waals surface area contributed by atoms with Crippen LogP contribution in [0.4, 0.5) is 0 Å². The largest absolute Gasteiger partial charge is 0.508 e. The fourth-order valence-electron chi connectivity index (χ4n) is 2.10. The minimum Gasteiger partial charge on any atom is -0.508 e. The van der Waals surface area contributed by atoms with E-state index in [-0.39, 0.29) is 28.6 Å². The Morgan fingerprint density at radius 1 is 0.700 bits per heavy atom. The lowest BCUT2D eigenvalue weighted by atomic mass is 10.1. The lowest BCUT2D eigenvalue weighted by Crippen LogP contribution is -1.93. The third-order valence-corrected chi connectivity index (χ3v) is 3.61. The number of aldehydes is 3. The minimum absolute atomic E-state index is 0.0347. The highest BCUT2D eigenvalue weighted by Gasteiger charge is 2.05. The molecule has 0 bridgehead atoms. The van der Waals surface area contributed by atoms with Gasteiger partial charge in [-0.25, -0.2) is 0 Å². The first-order valence-electron chi connectivity index (χ1n) is 8.58. The highest BCUT2D eigenvalue weighted by molar-refractivity contribution is 5.97. The molecule has 0 unspecified atom stereocenters. The van der Waals surface area contributed by atoms with Gasteiger partial charge >= 0.3 is 0 Å². The van der Waals surface area contributed by atoms with Crippen molar-refractivity contribution in [2.45, 2.75) is 6.92 Å². The number of Topliss-reactive ketones (excluding diaryl/α,β-unsaturated/α-hetero) is 1. The zero-order chi connectivity index (χ0) is 22.5. The molecule has 3 aromatic rings. The maximum atomic E-state index is 10.8. The maximum Gasteiger partial charge on any atom is 0.163 e. The quantitative estimate of drug-likeness (QED) is 0.442. The second-order valence-corrected chi connectivity index (χ2v) is 5.84. The van der Waals surface area contributed by atoms with E-state index in [4.69, 9.17) is 10.2 Å². The van der Waals surface area contributed by atoms with Gasteiger partial charge in [-0.05, 0) is 43.3 Å². The third-order valence-electron chi connectivity index (χ3n) is 3.61. The Hall–Kier alpha value is -4.26. The lowest BCUT2D eigenvalue weighted by molar-refractivity contribution is 0.101. The highest BCUT2D eigenvalue weighted by atomic mass is 16.3. The van der Waals surface area contributed by atoms with E-state index in [2.05, 4.69) is 0 Å². The monoisotopic (exact) mass is 408 g/mol. The predicted octanol–water partition coefficient (Wildman–Crippen LogP) is 3.82. The number of benzene rings is 3. The number of para-hydroxylation sites is 1. The topological polar surface area (TPSA) is 129 Å². The second kappa shape index (κ2) is 12.2. The first kappa shape index (κ1) is 23.8. The van der Waals surface area contributed by atoms with Crippen LogP contribution in [0.2, 0.25) is 0 Å². The van der Waals surface area contributed by atoms with Crippen LogP contribution in [0.25, 0.3) is 0 Å². The van der Waals surface area contributed by atoms with Gasteiger partial charge in [0.25, 0.3) is 0 Å². The normalized spacial score (nSPS) is 9.10. The number of carbonyl (C=O) groups excluding carboxylic acids is 4. The number of aromatic hydroxyl groups is 3. The number of hydrogen-bond acceptors (Lipinski definition) is 7. The summed E-state index contributed by atoms with van der Waals surface area (Å²) in [4.78, 5) is 41.2. The smallest absolute Gasteiger partial charge is 0.163 e. The molecule has 0 atom stereocenters. The molecule has 0 heterocycles. The van der Waals surface area contributed by atoms with Crippen LogP contribution in [-0.2, 0) is 0 Å². The molecule has 154 valence electrons.